The van der Waals surface area contributed by atoms with Gasteiger partial charge in [0.1, 0.15) is 5.25 Å². The average molecular weight is 233 g/mol. The van der Waals surface area contributed by atoms with Gasteiger partial charge in [0.2, 0.25) is 5.91 Å². The van der Waals surface area contributed by atoms with Gasteiger partial charge in [0.15, 0.2) is 9.84 Å². The number of hydrogen-bond donors (Lipinski definition) is 1. The molecule has 86 valence electrons. The van der Waals surface area contributed by atoms with Crippen LogP contribution in [0.25, 0.3) is 0 Å². The Morgan fingerprint density at radius 1 is 1.27 bits per heavy atom. The summed E-state index contributed by atoms with van der Waals surface area (Å²) >= 11 is 0. The molecule has 5 nitrogen and oxygen atoms in total. The van der Waals surface area contributed by atoms with Gasteiger partial charge in [-0.05, 0) is 12.8 Å². The molecule has 15 heavy (non-hydrogen) atoms. The van der Waals surface area contributed by atoms with E-state index < -0.39 is 21.2 Å². The first-order valence-corrected chi connectivity index (χ1v) is 6.90. The van der Waals surface area contributed by atoms with Crippen molar-refractivity contribution in [1.29, 1.82) is 0 Å². The molecule has 2 aliphatic rings. The second-order valence-electron chi connectivity index (χ2n) is 4.25. The maximum Gasteiger partial charge on any atom is 0.241 e. The van der Waals surface area contributed by atoms with Crippen molar-refractivity contribution in [3.63, 3.8) is 0 Å². The van der Waals surface area contributed by atoms with E-state index in [1.165, 1.54) is 4.90 Å². The zero-order valence-electron chi connectivity index (χ0n) is 8.42. The minimum absolute atomic E-state index is 0.125. The van der Waals surface area contributed by atoms with Crippen LogP contribution in [0.2, 0.25) is 0 Å². The van der Waals surface area contributed by atoms with Crippen LogP contribution in [0.15, 0.2) is 0 Å². The number of carbonyl (C=O) groups is 1. The van der Waals surface area contributed by atoms with E-state index in [0.29, 0.717) is 12.8 Å². The lowest BCUT2D eigenvalue weighted by molar-refractivity contribution is -0.140. The van der Waals surface area contributed by atoms with Crippen molar-refractivity contribution < 1.29 is 18.3 Å². The minimum Gasteiger partial charge on any atom is -0.389 e. The number of nitrogens with zero attached hydrogens (tertiary/aromatic N) is 1. The molecule has 1 N–H and O–H groups in total. The molecular weight excluding hydrogens is 218 g/mol. The predicted octanol–water partition coefficient (Wildman–Crippen LogP) is -0.843. The van der Waals surface area contributed by atoms with Crippen LogP contribution in [0.4, 0.5) is 0 Å². The van der Waals surface area contributed by atoms with E-state index in [2.05, 4.69) is 0 Å². The van der Waals surface area contributed by atoms with Gasteiger partial charge in [-0.25, -0.2) is 8.42 Å². The molecule has 0 radical (unpaired) electrons. The maximum absolute atomic E-state index is 11.8. The second kappa shape index (κ2) is 3.75. The van der Waals surface area contributed by atoms with Crippen LogP contribution in [-0.2, 0) is 14.6 Å². The third-order valence-corrected chi connectivity index (χ3v) is 5.19. The number of amides is 1. The number of rotatable bonds is 1. The Labute approximate surface area is 89.0 Å². The third-order valence-electron chi connectivity index (χ3n) is 3.03. The molecule has 6 heteroatoms. The number of hydrogen-bond acceptors (Lipinski definition) is 4. The zero-order valence-corrected chi connectivity index (χ0v) is 9.24. The Kier molecular flexibility index (Phi) is 2.72. The van der Waals surface area contributed by atoms with E-state index in [4.69, 9.17) is 5.11 Å². The number of β-amino-alcohol motifs (C(OH)–C–C–N with tert-alkyl or cyclic N) is 1. The van der Waals surface area contributed by atoms with Gasteiger partial charge in [-0.2, -0.15) is 0 Å². The summed E-state index contributed by atoms with van der Waals surface area (Å²) in [6.45, 7) is 0.565. The molecule has 2 rings (SSSR count). The Morgan fingerprint density at radius 3 is 2.47 bits per heavy atom. The number of aliphatic hydroxyl groups excluding tert-OH is 1. The highest BCUT2D eigenvalue weighted by Crippen LogP contribution is 2.23. The molecule has 0 aliphatic carbocycles. The molecule has 0 aromatic rings. The summed E-state index contributed by atoms with van der Waals surface area (Å²) in [4.78, 5) is 13.2. The van der Waals surface area contributed by atoms with Crippen molar-refractivity contribution >= 4 is 15.7 Å². The molecular formula is C9H15NO4S. The second-order valence-corrected chi connectivity index (χ2v) is 6.55. The van der Waals surface area contributed by atoms with Crippen molar-refractivity contribution in [2.24, 2.45) is 0 Å². The van der Waals surface area contributed by atoms with E-state index in [1.807, 2.05) is 0 Å². The standard InChI is InChI=1S/C9H15NO4S/c11-7-5-10(6-7)9(12)8-3-1-2-4-15(8,13)14/h7-8,11H,1-6H2. The lowest BCUT2D eigenvalue weighted by Crippen LogP contribution is -2.58. The van der Waals surface area contributed by atoms with Crippen molar-refractivity contribution in [3.05, 3.63) is 0 Å². The molecule has 0 saturated carbocycles. The van der Waals surface area contributed by atoms with E-state index in [0.717, 1.165) is 6.42 Å². The van der Waals surface area contributed by atoms with Crippen LogP contribution in [0, 0.1) is 0 Å². The van der Waals surface area contributed by atoms with E-state index >= 15 is 0 Å². The molecule has 0 bridgehead atoms. The molecule has 1 unspecified atom stereocenters. The smallest absolute Gasteiger partial charge is 0.241 e. The Balaban J connectivity index is 2.06. The van der Waals surface area contributed by atoms with Crippen molar-refractivity contribution in [3.8, 4) is 0 Å². The fourth-order valence-electron chi connectivity index (χ4n) is 2.07. The van der Waals surface area contributed by atoms with Crippen LogP contribution in [0.3, 0.4) is 0 Å². The van der Waals surface area contributed by atoms with Crippen LogP contribution in [0.1, 0.15) is 19.3 Å². The van der Waals surface area contributed by atoms with Crippen molar-refractivity contribution in [1.82, 2.24) is 4.90 Å². The zero-order chi connectivity index (χ0) is 11.1. The molecule has 2 aliphatic heterocycles. The quantitative estimate of drug-likeness (QED) is 0.640. The highest BCUT2D eigenvalue weighted by atomic mass is 32.2. The summed E-state index contributed by atoms with van der Waals surface area (Å²) in [5, 5.41) is 8.20. The average Bonchev–Trinajstić information content (AvgIpc) is 2.11. The summed E-state index contributed by atoms with van der Waals surface area (Å²) in [5.41, 5.74) is 0. The van der Waals surface area contributed by atoms with E-state index in [9.17, 15) is 13.2 Å². The summed E-state index contributed by atoms with van der Waals surface area (Å²) in [5.74, 6) is -0.195. The Bertz CT molecular complexity index is 358. The van der Waals surface area contributed by atoms with Gasteiger partial charge < -0.3 is 10.0 Å². The SMILES string of the molecule is O=C(C1CCCCS1(=O)=O)N1CC(O)C1. The number of carbonyl (C=O) groups excluding carboxylic acids is 1. The van der Waals surface area contributed by atoms with Crippen LogP contribution < -0.4 is 0 Å². The summed E-state index contributed by atoms with van der Waals surface area (Å²) in [7, 11) is -3.23. The van der Waals surface area contributed by atoms with Crippen LogP contribution in [-0.4, -0.2) is 54.5 Å². The van der Waals surface area contributed by atoms with Crippen molar-refractivity contribution in [2.45, 2.75) is 30.6 Å². The summed E-state index contributed by atoms with van der Waals surface area (Å²) < 4.78 is 23.3. The third kappa shape index (κ3) is 2.01. The van der Waals surface area contributed by atoms with E-state index in [-0.39, 0.29) is 24.7 Å². The first-order valence-electron chi connectivity index (χ1n) is 5.19. The summed E-state index contributed by atoms with van der Waals surface area (Å²) in [6, 6.07) is 0. The monoisotopic (exact) mass is 233 g/mol. The van der Waals surface area contributed by atoms with Gasteiger partial charge >= 0.3 is 0 Å². The normalized spacial score (nSPS) is 31.0. The van der Waals surface area contributed by atoms with Crippen molar-refractivity contribution in [2.75, 3.05) is 18.8 Å². The molecule has 2 fully saturated rings. The number of sulfone groups is 1. The molecule has 0 aromatic carbocycles. The molecule has 1 amide bonds. The van der Waals surface area contributed by atoms with Gasteiger partial charge in [-0.3, -0.25) is 4.79 Å². The molecule has 0 aromatic heterocycles. The van der Waals surface area contributed by atoms with Crippen LogP contribution in [0.5, 0.6) is 0 Å². The van der Waals surface area contributed by atoms with Gasteiger partial charge in [0.25, 0.3) is 0 Å². The van der Waals surface area contributed by atoms with Gasteiger partial charge in [-0.15, -0.1) is 0 Å². The summed E-state index contributed by atoms with van der Waals surface area (Å²) in [6.07, 6.45) is 1.43. The fraction of sp³-hybridized carbons (Fsp3) is 0.889. The Hall–Kier alpha value is -0.620. The van der Waals surface area contributed by atoms with E-state index in [1.54, 1.807) is 0 Å². The lowest BCUT2D eigenvalue weighted by Gasteiger charge is -2.38. The lowest BCUT2D eigenvalue weighted by atomic mass is 10.1. The molecule has 1 atom stereocenters. The topological polar surface area (TPSA) is 74.7 Å². The largest absolute Gasteiger partial charge is 0.389 e. The predicted molar refractivity (Wildman–Crippen MR) is 54.0 cm³/mol. The fourth-order valence-corrected chi connectivity index (χ4v) is 3.94. The van der Waals surface area contributed by atoms with Gasteiger partial charge in [-0.1, -0.05) is 6.42 Å². The molecule has 2 heterocycles. The van der Waals surface area contributed by atoms with Crippen LogP contribution >= 0.6 is 0 Å². The Morgan fingerprint density at radius 2 is 1.93 bits per heavy atom. The number of aliphatic hydroxyl groups is 1. The number of likely N-dealkylation sites (tertiary alicyclic amines) is 1. The first kappa shape index (κ1) is 10.9. The maximum atomic E-state index is 11.8. The first-order chi connectivity index (χ1) is 7.00. The highest BCUT2D eigenvalue weighted by Gasteiger charge is 2.40. The van der Waals surface area contributed by atoms with Gasteiger partial charge in [0, 0.05) is 13.1 Å². The minimum atomic E-state index is -3.23. The van der Waals surface area contributed by atoms with Gasteiger partial charge in [0.05, 0.1) is 11.9 Å². The highest BCUT2D eigenvalue weighted by molar-refractivity contribution is 7.92. The molecule has 2 saturated heterocycles. The molecule has 0 spiro atoms.